The highest BCUT2D eigenvalue weighted by molar-refractivity contribution is 4.85. The second-order valence-electron chi connectivity index (χ2n) is 2.76. The molecule has 1 rings (SSSR count). The van der Waals surface area contributed by atoms with Gasteiger partial charge in [-0.2, -0.15) is 0 Å². The molecular weight excluding hydrogens is 146 g/mol. The Bertz CT molecular complexity index is 112. The van der Waals surface area contributed by atoms with Crippen LogP contribution in [-0.2, 0) is 9.47 Å². The highest BCUT2D eigenvalue weighted by Crippen LogP contribution is 2.21. The number of rotatable bonds is 4. The molecular formula is C7H15NO3. The van der Waals surface area contributed by atoms with Crippen LogP contribution in [0.15, 0.2) is 0 Å². The maximum Gasteiger partial charge on any atom is 0.106 e. The van der Waals surface area contributed by atoms with Gasteiger partial charge in [-0.05, 0) is 0 Å². The van der Waals surface area contributed by atoms with Crippen LogP contribution >= 0.6 is 0 Å². The lowest BCUT2D eigenvalue weighted by Gasteiger charge is -2.25. The van der Waals surface area contributed by atoms with E-state index in [1.165, 1.54) is 0 Å². The Morgan fingerprint density at radius 3 is 2.91 bits per heavy atom. The second-order valence-corrected chi connectivity index (χ2v) is 2.76. The predicted molar refractivity (Wildman–Crippen MR) is 40.3 cm³/mol. The summed E-state index contributed by atoms with van der Waals surface area (Å²) in [6.07, 6.45) is 0.837. The molecule has 1 heterocycles. The lowest BCUT2D eigenvalue weighted by atomic mass is 10.0. The Labute approximate surface area is 66.3 Å². The largest absolute Gasteiger partial charge is 0.394 e. The van der Waals surface area contributed by atoms with Crippen molar-refractivity contribution in [1.82, 2.24) is 0 Å². The van der Waals surface area contributed by atoms with Crippen LogP contribution in [0.3, 0.4) is 0 Å². The van der Waals surface area contributed by atoms with Crippen LogP contribution in [0.1, 0.15) is 6.42 Å². The SMILES string of the molecule is NC[C@]1(OCCO)CCOC1. The van der Waals surface area contributed by atoms with Gasteiger partial charge in [0.1, 0.15) is 5.60 Å². The van der Waals surface area contributed by atoms with Crippen molar-refractivity contribution in [1.29, 1.82) is 0 Å². The van der Waals surface area contributed by atoms with Gasteiger partial charge < -0.3 is 20.3 Å². The molecule has 0 aliphatic carbocycles. The fourth-order valence-corrected chi connectivity index (χ4v) is 1.18. The zero-order chi connectivity index (χ0) is 8.16. The van der Waals surface area contributed by atoms with E-state index in [1.54, 1.807) is 0 Å². The molecule has 4 nitrogen and oxygen atoms in total. The van der Waals surface area contributed by atoms with E-state index in [1.807, 2.05) is 0 Å². The first-order valence-electron chi connectivity index (χ1n) is 3.86. The normalized spacial score (nSPS) is 31.1. The zero-order valence-corrected chi connectivity index (χ0v) is 6.58. The fourth-order valence-electron chi connectivity index (χ4n) is 1.18. The highest BCUT2D eigenvalue weighted by atomic mass is 16.6. The molecule has 1 atom stereocenters. The molecule has 1 aliphatic rings. The zero-order valence-electron chi connectivity index (χ0n) is 6.58. The number of aliphatic hydroxyl groups excluding tert-OH is 1. The Morgan fingerprint density at radius 2 is 2.45 bits per heavy atom. The van der Waals surface area contributed by atoms with Gasteiger partial charge in [-0.25, -0.2) is 0 Å². The first kappa shape index (κ1) is 8.93. The smallest absolute Gasteiger partial charge is 0.106 e. The minimum atomic E-state index is -0.317. The molecule has 3 N–H and O–H groups in total. The van der Waals surface area contributed by atoms with Gasteiger partial charge in [0.05, 0.1) is 19.8 Å². The molecule has 0 aromatic heterocycles. The summed E-state index contributed by atoms with van der Waals surface area (Å²) in [6.45, 7) is 2.13. The molecule has 0 bridgehead atoms. The van der Waals surface area contributed by atoms with Gasteiger partial charge in [-0.3, -0.25) is 0 Å². The van der Waals surface area contributed by atoms with E-state index in [9.17, 15) is 0 Å². The van der Waals surface area contributed by atoms with Crippen LogP contribution in [0, 0.1) is 0 Å². The van der Waals surface area contributed by atoms with Crippen molar-refractivity contribution >= 4 is 0 Å². The van der Waals surface area contributed by atoms with Crippen molar-refractivity contribution in [2.45, 2.75) is 12.0 Å². The molecule has 1 aliphatic heterocycles. The molecule has 0 aromatic rings. The van der Waals surface area contributed by atoms with Gasteiger partial charge in [0.2, 0.25) is 0 Å². The standard InChI is InChI=1S/C7H15NO3/c8-5-7(11-4-2-9)1-3-10-6-7/h9H,1-6,8H2/t7-/m1/s1. The molecule has 11 heavy (non-hydrogen) atoms. The van der Waals surface area contributed by atoms with Gasteiger partial charge >= 0.3 is 0 Å². The van der Waals surface area contributed by atoms with Crippen molar-refractivity contribution in [3.05, 3.63) is 0 Å². The average Bonchev–Trinajstić information content (AvgIpc) is 2.50. The molecule has 0 spiro atoms. The van der Waals surface area contributed by atoms with Crippen molar-refractivity contribution in [3.63, 3.8) is 0 Å². The van der Waals surface area contributed by atoms with Crippen molar-refractivity contribution in [2.24, 2.45) is 5.73 Å². The van der Waals surface area contributed by atoms with Crippen molar-refractivity contribution in [2.75, 3.05) is 33.0 Å². The van der Waals surface area contributed by atoms with E-state index in [0.29, 0.717) is 26.4 Å². The van der Waals surface area contributed by atoms with Gasteiger partial charge in [0.25, 0.3) is 0 Å². The summed E-state index contributed by atoms with van der Waals surface area (Å²) in [5, 5.41) is 8.53. The predicted octanol–water partition coefficient (Wildman–Crippen LogP) is -0.887. The third kappa shape index (κ3) is 2.13. The van der Waals surface area contributed by atoms with Gasteiger partial charge in [0, 0.05) is 19.6 Å². The van der Waals surface area contributed by atoms with E-state index in [-0.39, 0.29) is 12.2 Å². The van der Waals surface area contributed by atoms with Crippen LogP contribution in [0.5, 0.6) is 0 Å². The minimum absolute atomic E-state index is 0.0434. The van der Waals surface area contributed by atoms with Crippen LogP contribution in [-0.4, -0.2) is 43.7 Å². The summed E-state index contributed by atoms with van der Waals surface area (Å²) in [7, 11) is 0. The van der Waals surface area contributed by atoms with Crippen molar-refractivity contribution in [3.8, 4) is 0 Å². The number of hydrogen-bond acceptors (Lipinski definition) is 4. The van der Waals surface area contributed by atoms with Crippen molar-refractivity contribution < 1.29 is 14.6 Å². The molecule has 4 heteroatoms. The summed E-state index contributed by atoms with van der Waals surface area (Å²) in [4.78, 5) is 0. The van der Waals surface area contributed by atoms with Gasteiger partial charge in [-0.15, -0.1) is 0 Å². The maximum atomic E-state index is 8.53. The first-order valence-corrected chi connectivity index (χ1v) is 3.86. The van der Waals surface area contributed by atoms with Crippen LogP contribution in [0.2, 0.25) is 0 Å². The number of aliphatic hydroxyl groups is 1. The molecule has 0 aromatic carbocycles. The number of nitrogens with two attached hydrogens (primary N) is 1. The van der Waals surface area contributed by atoms with E-state index >= 15 is 0 Å². The van der Waals surface area contributed by atoms with Crippen LogP contribution in [0.4, 0.5) is 0 Å². The van der Waals surface area contributed by atoms with E-state index in [0.717, 1.165) is 6.42 Å². The summed E-state index contributed by atoms with van der Waals surface area (Å²) in [5.41, 5.74) is 5.21. The van der Waals surface area contributed by atoms with E-state index in [2.05, 4.69) is 0 Å². The average molecular weight is 161 g/mol. The Hall–Kier alpha value is -0.160. The third-order valence-corrected chi connectivity index (χ3v) is 1.94. The molecule has 1 fully saturated rings. The molecule has 1 saturated heterocycles. The first-order chi connectivity index (χ1) is 5.33. The monoisotopic (exact) mass is 161 g/mol. The summed E-state index contributed by atoms with van der Waals surface area (Å²) in [5.74, 6) is 0. The lowest BCUT2D eigenvalue weighted by Crippen LogP contribution is -2.42. The second kappa shape index (κ2) is 4.01. The molecule has 0 saturated carbocycles. The number of ether oxygens (including phenoxy) is 2. The Kier molecular flexibility index (Phi) is 3.26. The Morgan fingerprint density at radius 1 is 1.64 bits per heavy atom. The molecule has 0 radical (unpaired) electrons. The fraction of sp³-hybridized carbons (Fsp3) is 1.00. The van der Waals surface area contributed by atoms with E-state index in [4.69, 9.17) is 20.3 Å². The molecule has 0 amide bonds. The Balaban J connectivity index is 2.33. The number of hydrogen-bond donors (Lipinski definition) is 2. The highest BCUT2D eigenvalue weighted by Gasteiger charge is 2.34. The summed E-state index contributed by atoms with van der Waals surface area (Å²) < 4.78 is 10.6. The maximum absolute atomic E-state index is 8.53. The summed E-state index contributed by atoms with van der Waals surface area (Å²) >= 11 is 0. The van der Waals surface area contributed by atoms with Crippen LogP contribution < -0.4 is 5.73 Å². The third-order valence-electron chi connectivity index (χ3n) is 1.94. The van der Waals surface area contributed by atoms with Gasteiger partial charge in [0.15, 0.2) is 0 Å². The minimum Gasteiger partial charge on any atom is -0.394 e. The lowest BCUT2D eigenvalue weighted by molar-refractivity contribution is -0.0545. The van der Waals surface area contributed by atoms with Crippen LogP contribution in [0.25, 0.3) is 0 Å². The van der Waals surface area contributed by atoms with Gasteiger partial charge in [-0.1, -0.05) is 0 Å². The van der Waals surface area contributed by atoms with E-state index < -0.39 is 0 Å². The quantitative estimate of drug-likeness (QED) is 0.561. The molecule has 0 unspecified atom stereocenters. The topological polar surface area (TPSA) is 64.7 Å². The summed E-state index contributed by atoms with van der Waals surface area (Å²) in [6, 6.07) is 0. The molecule has 66 valence electrons.